The molecule has 0 atom stereocenters. The fraction of sp³-hybridized carbons (Fsp3) is 0.115. The van der Waals surface area contributed by atoms with Crippen molar-refractivity contribution in [3.8, 4) is 23.0 Å². The second-order valence-electron chi connectivity index (χ2n) is 7.61. The van der Waals surface area contributed by atoms with Gasteiger partial charge >= 0.3 is 0 Å². The zero-order valence-electron chi connectivity index (χ0n) is 17.2. The maximum atomic E-state index is 12.9. The molecule has 5 rings (SSSR count). The Morgan fingerprint density at radius 2 is 1.91 bits per heavy atom. The first kappa shape index (κ1) is 20.0. The van der Waals surface area contributed by atoms with E-state index >= 15 is 0 Å². The minimum atomic E-state index is -0.0776. The fourth-order valence-corrected chi connectivity index (χ4v) is 4.11. The molecule has 6 heteroatoms. The second-order valence-corrected chi connectivity index (χ2v) is 8.02. The first-order valence-corrected chi connectivity index (χ1v) is 10.6. The lowest BCUT2D eigenvalue weighted by molar-refractivity contribution is 0.0799. The molecule has 156 valence electrons. The Kier molecular flexibility index (Phi) is 5.45. The van der Waals surface area contributed by atoms with Crippen molar-refractivity contribution in [1.82, 2.24) is 19.7 Å². The molecule has 3 heterocycles. The zero-order chi connectivity index (χ0) is 21.9. The van der Waals surface area contributed by atoms with Crippen molar-refractivity contribution < 1.29 is 4.79 Å². The molecule has 4 aromatic rings. The Balaban J connectivity index is 1.34. The van der Waals surface area contributed by atoms with Crippen molar-refractivity contribution in [2.75, 3.05) is 6.54 Å². The number of rotatable bonds is 4. The van der Waals surface area contributed by atoms with Crippen molar-refractivity contribution in [1.29, 1.82) is 0 Å². The lowest BCUT2D eigenvalue weighted by atomic mass is 10.0. The van der Waals surface area contributed by atoms with Crippen LogP contribution < -0.4 is 0 Å². The Morgan fingerprint density at radius 1 is 1.03 bits per heavy atom. The number of pyridine rings is 1. The molecule has 0 bridgehead atoms. The second kappa shape index (κ2) is 8.70. The van der Waals surface area contributed by atoms with Gasteiger partial charge in [-0.2, -0.15) is 5.10 Å². The molecule has 1 aliphatic heterocycles. The largest absolute Gasteiger partial charge is 0.323 e. The number of amides is 1. The number of halogens is 1. The summed E-state index contributed by atoms with van der Waals surface area (Å²) in [6, 6.07) is 17.5. The lowest BCUT2D eigenvalue weighted by Crippen LogP contribution is -2.24. The molecule has 0 aliphatic carbocycles. The van der Waals surface area contributed by atoms with E-state index in [1.54, 1.807) is 11.1 Å². The Bertz CT molecular complexity index is 1340. The standard InChI is InChI=1S/C26H19ClN4O/c27-24-13-21(23-15-29-31(18-23)16-20-8-4-10-28-14-20)12-22-17-30(26(32)25(22)24)11-5-9-19-6-2-1-3-7-19/h1-4,6-8,10,12-15,18H,11,16-17H2. The van der Waals surface area contributed by atoms with Crippen molar-refractivity contribution >= 4 is 17.5 Å². The van der Waals surface area contributed by atoms with Crippen molar-refractivity contribution in [3.05, 3.63) is 107 Å². The maximum Gasteiger partial charge on any atom is 0.256 e. The summed E-state index contributed by atoms with van der Waals surface area (Å²) in [7, 11) is 0. The topological polar surface area (TPSA) is 51.0 Å². The van der Waals surface area contributed by atoms with Gasteiger partial charge in [0.25, 0.3) is 5.91 Å². The van der Waals surface area contributed by atoms with Gasteiger partial charge < -0.3 is 4.90 Å². The first-order chi connectivity index (χ1) is 15.7. The van der Waals surface area contributed by atoms with Crippen LogP contribution in [0.1, 0.15) is 27.0 Å². The van der Waals surface area contributed by atoms with Crippen LogP contribution in [0.25, 0.3) is 11.1 Å². The van der Waals surface area contributed by atoms with Crippen LogP contribution >= 0.6 is 11.6 Å². The molecule has 2 aromatic heterocycles. The number of nitrogens with zero attached hydrogens (tertiary/aromatic N) is 4. The van der Waals surface area contributed by atoms with E-state index in [0.29, 0.717) is 30.2 Å². The summed E-state index contributed by atoms with van der Waals surface area (Å²) in [5.74, 6) is 6.12. The molecular formula is C26H19ClN4O. The predicted octanol–water partition coefficient (Wildman–Crippen LogP) is 4.65. The van der Waals surface area contributed by atoms with Gasteiger partial charge in [-0.3, -0.25) is 14.5 Å². The average Bonchev–Trinajstić information content (AvgIpc) is 3.40. The van der Waals surface area contributed by atoms with Gasteiger partial charge in [-0.05, 0) is 47.0 Å². The van der Waals surface area contributed by atoms with E-state index in [4.69, 9.17) is 11.6 Å². The Labute approximate surface area is 191 Å². The van der Waals surface area contributed by atoms with Crippen molar-refractivity contribution in [2.45, 2.75) is 13.1 Å². The van der Waals surface area contributed by atoms with Gasteiger partial charge in [0.15, 0.2) is 0 Å². The number of fused-ring (bicyclic) bond motifs is 1. The number of benzene rings is 2. The maximum absolute atomic E-state index is 12.9. The summed E-state index contributed by atoms with van der Waals surface area (Å²) in [4.78, 5) is 18.7. The highest BCUT2D eigenvalue weighted by atomic mass is 35.5. The van der Waals surface area contributed by atoms with Crippen LogP contribution in [0, 0.1) is 11.8 Å². The molecule has 0 saturated heterocycles. The van der Waals surface area contributed by atoms with Gasteiger partial charge in [0.05, 0.1) is 29.9 Å². The van der Waals surface area contributed by atoms with E-state index in [2.05, 4.69) is 21.9 Å². The molecule has 32 heavy (non-hydrogen) atoms. The molecule has 1 aliphatic rings. The van der Waals surface area contributed by atoms with Crippen molar-refractivity contribution in [2.24, 2.45) is 0 Å². The number of carbonyl (C=O) groups excluding carboxylic acids is 1. The van der Waals surface area contributed by atoms with E-state index in [-0.39, 0.29) is 5.91 Å². The van der Waals surface area contributed by atoms with Crippen LogP contribution in [-0.2, 0) is 13.1 Å². The van der Waals surface area contributed by atoms with Crippen molar-refractivity contribution in [3.63, 3.8) is 0 Å². The molecule has 2 aromatic carbocycles. The number of carbonyl (C=O) groups is 1. The fourth-order valence-electron chi connectivity index (χ4n) is 3.79. The minimum absolute atomic E-state index is 0.0776. The molecule has 5 nitrogen and oxygen atoms in total. The average molecular weight is 439 g/mol. The molecule has 0 fully saturated rings. The highest BCUT2D eigenvalue weighted by Gasteiger charge is 2.30. The highest BCUT2D eigenvalue weighted by molar-refractivity contribution is 6.34. The summed E-state index contributed by atoms with van der Waals surface area (Å²) in [5.41, 5.74) is 5.38. The summed E-state index contributed by atoms with van der Waals surface area (Å²) in [6.45, 7) is 1.49. The van der Waals surface area contributed by atoms with E-state index < -0.39 is 0 Å². The van der Waals surface area contributed by atoms with Gasteiger partial charge in [-0.25, -0.2) is 0 Å². The van der Waals surface area contributed by atoms with Gasteiger partial charge in [0, 0.05) is 36.3 Å². The molecule has 0 spiro atoms. The molecule has 0 saturated carbocycles. The van der Waals surface area contributed by atoms with E-state index in [1.165, 1.54) is 0 Å². The van der Waals surface area contributed by atoms with Crippen LogP contribution in [0.15, 0.2) is 79.4 Å². The summed E-state index contributed by atoms with van der Waals surface area (Å²) in [5, 5.41) is 4.92. The lowest BCUT2D eigenvalue weighted by Gasteiger charge is -2.10. The van der Waals surface area contributed by atoms with Gasteiger partial charge in [-0.15, -0.1) is 0 Å². The molecule has 0 unspecified atom stereocenters. The van der Waals surface area contributed by atoms with Crippen LogP contribution in [-0.4, -0.2) is 32.1 Å². The third-order valence-electron chi connectivity index (χ3n) is 5.34. The first-order valence-electron chi connectivity index (χ1n) is 10.2. The molecule has 1 amide bonds. The summed E-state index contributed by atoms with van der Waals surface area (Å²) in [6.07, 6.45) is 7.37. The molecule has 0 radical (unpaired) electrons. The monoisotopic (exact) mass is 438 g/mol. The van der Waals surface area contributed by atoms with Gasteiger partial charge in [-0.1, -0.05) is 47.7 Å². The Morgan fingerprint density at radius 3 is 2.72 bits per heavy atom. The third-order valence-corrected chi connectivity index (χ3v) is 5.64. The van der Waals surface area contributed by atoms with Gasteiger partial charge in [0.2, 0.25) is 0 Å². The minimum Gasteiger partial charge on any atom is -0.323 e. The predicted molar refractivity (Wildman–Crippen MR) is 124 cm³/mol. The van der Waals surface area contributed by atoms with Crippen LogP contribution in [0.5, 0.6) is 0 Å². The SMILES string of the molecule is O=C1c2c(Cl)cc(-c3cnn(Cc4cccnc4)c3)cc2CN1CC#Cc1ccccc1. The summed E-state index contributed by atoms with van der Waals surface area (Å²) >= 11 is 6.53. The zero-order valence-corrected chi connectivity index (χ0v) is 18.0. The normalized spacial score (nSPS) is 12.4. The molecular weight excluding hydrogens is 420 g/mol. The highest BCUT2D eigenvalue weighted by Crippen LogP contribution is 2.34. The van der Waals surface area contributed by atoms with Gasteiger partial charge in [0.1, 0.15) is 0 Å². The van der Waals surface area contributed by atoms with E-state index in [1.807, 2.05) is 77.9 Å². The van der Waals surface area contributed by atoms with E-state index in [9.17, 15) is 4.79 Å². The number of hydrogen-bond donors (Lipinski definition) is 0. The van der Waals surface area contributed by atoms with E-state index in [0.717, 1.165) is 27.8 Å². The van der Waals surface area contributed by atoms with Crippen LogP contribution in [0.4, 0.5) is 0 Å². The smallest absolute Gasteiger partial charge is 0.256 e. The quantitative estimate of drug-likeness (QED) is 0.436. The number of aromatic nitrogens is 3. The number of hydrogen-bond acceptors (Lipinski definition) is 3. The Hall–Kier alpha value is -3.88. The van der Waals surface area contributed by atoms with Crippen LogP contribution in [0.3, 0.4) is 0 Å². The molecule has 0 N–H and O–H groups in total. The third kappa shape index (κ3) is 4.14. The van der Waals surface area contributed by atoms with Crippen LogP contribution in [0.2, 0.25) is 5.02 Å². The summed E-state index contributed by atoms with van der Waals surface area (Å²) < 4.78 is 1.87.